The van der Waals surface area contributed by atoms with Gasteiger partial charge in [0.1, 0.15) is 0 Å². The van der Waals surface area contributed by atoms with Gasteiger partial charge in [0, 0.05) is 19.5 Å². The Hall–Kier alpha value is -0.487. The van der Waals surface area contributed by atoms with Gasteiger partial charge in [-0.25, -0.2) is 0 Å². The van der Waals surface area contributed by atoms with E-state index in [1.807, 2.05) is 6.07 Å². The van der Waals surface area contributed by atoms with Crippen LogP contribution >= 0.6 is 0 Å². The number of hydrogen-bond donors (Lipinski definition) is 0. The van der Waals surface area contributed by atoms with Crippen LogP contribution in [0.25, 0.3) is 0 Å². The fourth-order valence-corrected chi connectivity index (χ4v) is 0.506. The van der Waals surface area contributed by atoms with Crippen molar-refractivity contribution < 1.29 is 24.3 Å². The average Bonchev–Trinajstić information content (AvgIpc) is 1.90. The van der Waals surface area contributed by atoms with Crippen molar-refractivity contribution in [2.45, 2.75) is 0 Å². The van der Waals surface area contributed by atoms with Gasteiger partial charge < -0.3 is 4.79 Å². The first kappa shape index (κ1) is 8.51. The Kier molecular flexibility index (Phi) is 4.16. The summed E-state index contributed by atoms with van der Waals surface area (Å²) in [6, 6.07) is 8.90. The Bertz CT molecular complexity index is 172. The van der Waals surface area contributed by atoms with Crippen LogP contribution in [0.3, 0.4) is 0 Å². The van der Waals surface area contributed by atoms with E-state index in [2.05, 4.69) is 0 Å². The van der Waals surface area contributed by atoms with Gasteiger partial charge in [0.05, 0.1) is 6.29 Å². The van der Waals surface area contributed by atoms with Crippen molar-refractivity contribution in [2.75, 3.05) is 0 Å². The van der Waals surface area contributed by atoms with Crippen LogP contribution in [0.2, 0.25) is 0 Å². The summed E-state index contributed by atoms with van der Waals surface area (Å²) >= 11 is 0. The van der Waals surface area contributed by atoms with Crippen molar-refractivity contribution in [2.24, 2.45) is 0 Å². The van der Waals surface area contributed by atoms with Gasteiger partial charge in [-0.05, 0) is 0 Å². The van der Waals surface area contributed by atoms with Crippen LogP contribution in [0, 0.1) is 0 Å². The summed E-state index contributed by atoms with van der Waals surface area (Å²) in [4.78, 5) is 9.88. The molecule has 1 aromatic carbocycles. The molecule has 0 unspecified atom stereocenters. The van der Waals surface area contributed by atoms with Gasteiger partial charge in [0.15, 0.2) is 0 Å². The molecule has 0 aliphatic rings. The molecule has 42 valence electrons. The maximum absolute atomic E-state index is 9.88. The van der Waals surface area contributed by atoms with Crippen molar-refractivity contribution >= 4 is 6.29 Å². The molecule has 2 heteroatoms. The molecule has 0 fully saturated rings. The summed E-state index contributed by atoms with van der Waals surface area (Å²) in [6.07, 6.45) is 1.78. The zero-order chi connectivity index (χ0) is 5.82. The maximum atomic E-state index is 9.88. The van der Waals surface area contributed by atoms with Crippen LogP contribution in [0.1, 0.15) is 5.56 Å². The van der Waals surface area contributed by atoms with Gasteiger partial charge in [-0.1, -0.05) is 6.07 Å². The third kappa shape index (κ3) is 2.52. The fraction of sp³-hybridized carbons (Fsp3) is 0. The minimum Gasteiger partial charge on any atom is -0.376 e. The van der Waals surface area contributed by atoms with Crippen molar-refractivity contribution in [3.05, 3.63) is 35.9 Å². The van der Waals surface area contributed by atoms with Gasteiger partial charge >= 0.3 is 0 Å². The maximum Gasteiger partial charge on any atom is 0.0627 e. The molecule has 0 amide bonds. The molecule has 1 nitrogen and oxygen atoms in total. The Labute approximate surface area is 66.8 Å². The predicted octanol–water partition coefficient (Wildman–Crippen LogP) is 1.14. The third-order valence-corrected chi connectivity index (χ3v) is 0.892. The molecule has 0 N–H and O–H groups in total. The van der Waals surface area contributed by atoms with Crippen LogP contribution in [-0.2, 0) is 24.3 Å². The van der Waals surface area contributed by atoms with E-state index in [9.17, 15) is 4.79 Å². The first-order chi connectivity index (χ1) is 3.93. The monoisotopic (exact) mass is 169 g/mol. The van der Waals surface area contributed by atoms with Crippen LogP contribution in [-0.4, -0.2) is 6.29 Å². The van der Waals surface area contributed by atoms with E-state index in [-0.39, 0.29) is 19.5 Å². The normalized spacial score (nSPS) is 7.56. The minimum atomic E-state index is 0. The predicted molar refractivity (Wildman–Crippen MR) is 31.2 cm³/mol. The molecule has 0 saturated carbocycles. The molecule has 0 aromatic heterocycles. The molecule has 0 saturated heterocycles. The second-order valence-corrected chi connectivity index (χ2v) is 1.47. The summed E-state index contributed by atoms with van der Waals surface area (Å²) in [5, 5.41) is 0. The minimum absolute atomic E-state index is 0. The van der Waals surface area contributed by atoms with Crippen molar-refractivity contribution in [1.82, 2.24) is 0 Å². The molecule has 0 radical (unpaired) electrons. The quantitative estimate of drug-likeness (QED) is 0.456. The largest absolute Gasteiger partial charge is 0.376 e. The molecule has 9 heavy (non-hydrogen) atoms. The number of carbonyl (C=O) groups excluding carboxylic acids is 1. The topological polar surface area (TPSA) is 17.1 Å². The van der Waals surface area contributed by atoms with E-state index in [0.29, 0.717) is 5.56 Å². The number of rotatable bonds is 1. The van der Waals surface area contributed by atoms with Crippen LogP contribution in [0.4, 0.5) is 0 Å². The van der Waals surface area contributed by atoms with Gasteiger partial charge in [0.2, 0.25) is 0 Å². The van der Waals surface area contributed by atoms with E-state index >= 15 is 0 Å². The Morgan fingerprint density at radius 1 is 1.11 bits per heavy atom. The van der Waals surface area contributed by atoms with Crippen LogP contribution < -0.4 is 0 Å². The summed E-state index contributed by atoms with van der Waals surface area (Å²) in [5.41, 5.74) is 0.604. The van der Waals surface area contributed by atoms with E-state index in [0.717, 1.165) is 0 Å². The molecular formula is C7H5OZn-. The van der Waals surface area contributed by atoms with Crippen molar-refractivity contribution in [3.63, 3.8) is 0 Å². The Morgan fingerprint density at radius 3 is 2.00 bits per heavy atom. The summed E-state index contributed by atoms with van der Waals surface area (Å²) in [6.45, 7) is 0. The SMILES string of the molecule is O=[C-]c1ccccc1.[Zn]. The molecule has 0 spiro atoms. The van der Waals surface area contributed by atoms with Crippen LogP contribution in [0.15, 0.2) is 30.3 Å². The molecule has 0 bridgehead atoms. The van der Waals surface area contributed by atoms with Gasteiger partial charge in [-0.3, -0.25) is 0 Å². The molecular weight excluding hydrogens is 165 g/mol. The van der Waals surface area contributed by atoms with Crippen LogP contribution in [0.5, 0.6) is 0 Å². The second kappa shape index (κ2) is 4.40. The average molecular weight is 171 g/mol. The summed E-state index contributed by atoms with van der Waals surface area (Å²) in [5.74, 6) is 0. The molecule has 1 rings (SSSR count). The van der Waals surface area contributed by atoms with Gasteiger partial charge in [0.25, 0.3) is 0 Å². The standard InChI is InChI=1S/C7H5O.Zn/c8-6-7-4-2-1-3-5-7;/h1-5H;/q-1;. The van der Waals surface area contributed by atoms with Crippen molar-refractivity contribution in [1.29, 1.82) is 0 Å². The molecule has 0 aliphatic carbocycles. The van der Waals surface area contributed by atoms with E-state index in [1.54, 1.807) is 30.6 Å². The Balaban J connectivity index is 0.000000640. The molecule has 0 atom stereocenters. The van der Waals surface area contributed by atoms with Crippen molar-refractivity contribution in [3.8, 4) is 0 Å². The first-order valence-corrected chi connectivity index (χ1v) is 2.36. The summed E-state index contributed by atoms with van der Waals surface area (Å²) in [7, 11) is 0. The number of benzene rings is 1. The molecule has 0 aliphatic heterocycles. The third-order valence-electron chi connectivity index (χ3n) is 0.892. The Morgan fingerprint density at radius 2 is 1.67 bits per heavy atom. The smallest absolute Gasteiger partial charge is 0.0627 e. The van der Waals surface area contributed by atoms with Gasteiger partial charge in [-0.15, -0.1) is 12.1 Å². The second-order valence-electron chi connectivity index (χ2n) is 1.47. The number of hydrogen-bond acceptors (Lipinski definition) is 1. The molecule has 0 heterocycles. The summed E-state index contributed by atoms with van der Waals surface area (Å²) < 4.78 is 0. The zero-order valence-corrected chi connectivity index (χ0v) is 7.97. The fourth-order valence-electron chi connectivity index (χ4n) is 0.506. The van der Waals surface area contributed by atoms with E-state index < -0.39 is 0 Å². The van der Waals surface area contributed by atoms with E-state index in [1.165, 1.54) is 0 Å². The molecule has 1 aromatic rings. The van der Waals surface area contributed by atoms with Gasteiger partial charge in [-0.2, -0.15) is 17.7 Å². The first-order valence-electron chi connectivity index (χ1n) is 2.36. The van der Waals surface area contributed by atoms with E-state index in [4.69, 9.17) is 0 Å². The zero-order valence-electron chi connectivity index (χ0n) is 5.00.